The maximum absolute atomic E-state index is 13.1. The van der Waals surface area contributed by atoms with Crippen LogP contribution in [0.3, 0.4) is 0 Å². The molecule has 1 fully saturated rings. The number of nitrogens with one attached hydrogen (secondary N) is 1. The molecule has 2 heterocycles. The normalized spacial score (nSPS) is 14.2. The van der Waals surface area contributed by atoms with Gasteiger partial charge in [-0.05, 0) is 17.7 Å². The number of rotatable bonds is 7. The largest absolute Gasteiger partial charge is 0.493 e. The molecule has 0 saturated carbocycles. The summed E-state index contributed by atoms with van der Waals surface area (Å²) in [4.78, 5) is 29.2. The molecule has 2 aromatic carbocycles. The zero-order chi connectivity index (χ0) is 22.3. The Morgan fingerprint density at radius 2 is 1.62 bits per heavy atom. The topological polar surface area (TPSA) is 79.7 Å². The number of hydrogen-bond acceptors (Lipinski definition) is 5. The summed E-state index contributed by atoms with van der Waals surface area (Å²) in [5.41, 5.74) is 2.22. The molecule has 1 saturated heterocycles. The molecule has 0 radical (unpaired) electrons. The molecule has 1 N–H and O–H groups in total. The quantitative estimate of drug-likeness (QED) is 0.616. The SMILES string of the molecule is COc1cn(-c2ccccc2)nc1C(=O)N1CCN(CC(=O)NCc2ccccc2)CC1. The van der Waals surface area contributed by atoms with Crippen molar-refractivity contribution in [2.45, 2.75) is 6.54 Å². The molecular weight excluding hydrogens is 406 g/mol. The summed E-state index contributed by atoms with van der Waals surface area (Å²) in [6.45, 7) is 3.17. The Labute approximate surface area is 187 Å². The van der Waals surface area contributed by atoms with E-state index in [0.717, 1.165) is 11.3 Å². The number of para-hydroxylation sites is 1. The highest BCUT2D eigenvalue weighted by molar-refractivity contribution is 5.95. The van der Waals surface area contributed by atoms with Crippen LogP contribution in [0.5, 0.6) is 5.75 Å². The van der Waals surface area contributed by atoms with Gasteiger partial charge in [0.15, 0.2) is 11.4 Å². The minimum absolute atomic E-state index is 0.0168. The third kappa shape index (κ3) is 5.15. The second kappa shape index (κ2) is 10.1. The van der Waals surface area contributed by atoms with E-state index in [4.69, 9.17) is 4.74 Å². The molecular formula is C24H27N5O3. The standard InChI is InChI=1S/C24H27N5O3/c1-32-21-17-29(20-10-6-3-7-11-20)26-23(21)24(31)28-14-12-27(13-15-28)18-22(30)25-16-19-8-4-2-5-9-19/h2-11,17H,12-16,18H2,1H3,(H,25,30). The van der Waals surface area contributed by atoms with E-state index in [1.807, 2.05) is 60.7 Å². The molecule has 1 aliphatic heterocycles. The zero-order valence-electron chi connectivity index (χ0n) is 18.1. The first-order valence-corrected chi connectivity index (χ1v) is 10.7. The highest BCUT2D eigenvalue weighted by Crippen LogP contribution is 2.21. The van der Waals surface area contributed by atoms with Crippen molar-refractivity contribution in [3.63, 3.8) is 0 Å². The maximum Gasteiger partial charge on any atom is 0.278 e. The summed E-state index contributed by atoms with van der Waals surface area (Å²) in [5, 5.41) is 7.42. The van der Waals surface area contributed by atoms with Crippen LogP contribution in [0.1, 0.15) is 16.1 Å². The number of hydrogen-bond donors (Lipinski definition) is 1. The third-order valence-electron chi connectivity index (χ3n) is 5.48. The monoisotopic (exact) mass is 433 g/mol. The van der Waals surface area contributed by atoms with Gasteiger partial charge in [0.25, 0.3) is 5.91 Å². The molecule has 2 amide bonds. The van der Waals surface area contributed by atoms with E-state index in [9.17, 15) is 9.59 Å². The van der Waals surface area contributed by atoms with E-state index in [1.165, 1.54) is 7.11 Å². The molecule has 3 aromatic rings. The molecule has 1 aliphatic rings. The molecule has 0 unspecified atom stereocenters. The molecule has 0 bridgehead atoms. The van der Waals surface area contributed by atoms with Gasteiger partial charge in [0.05, 0.1) is 25.5 Å². The van der Waals surface area contributed by atoms with E-state index in [0.29, 0.717) is 50.7 Å². The van der Waals surface area contributed by atoms with Gasteiger partial charge in [0.2, 0.25) is 5.91 Å². The van der Waals surface area contributed by atoms with Crippen LogP contribution in [0.2, 0.25) is 0 Å². The number of carbonyl (C=O) groups is 2. The van der Waals surface area contributed by atoms with Crippen molar-refractivity contribution >= 4 is 11.8 Å². The first kappa shape index (κ1) is 21.6. The molecule has 0 atom stereocenters. The second-order valence-electron chi connectivity index (χ2n) is 7.66. The Bertz CT molecular complexity index is 1040. The Morgan fingerprint density at radius 3 is 2.28 bits per heavy atom. The van der Waals surface area contributed by atoms with E-state index in [-0.39, 0.29) is 11.8 Å². The summed E-state index contributed by atoms with van der Waals surface area (Å²) < 4.78 is 7.05. The maximum atomic E-state index is 13.1. The van der Waals surface area contributed by atoms with Gasteiger partial charge in [-0.15, -0.1) is 0 Å². The number of methoxy groups -OCH3 is 1. The van der Waals surface area contributed by atoms with Crippen LogP contribution in [0.15, 0.2) is 66.9 Å². The summed E-state index contributed by atoms with van der Waals surface area (Å²) >= 11 is 0. The fourth-order valence-electron chi connectivity index (χ4n) is 3.68. The van der Waals surface area contributed by atoms with Gasteiger partial charge in [-0.1, -0.05) is 48.5 Å². The van der Waals surface area contributed by atoms with Crippen molar-refractivity contribution in [3.8, 4) is 11.4 Å². The van der Waals surface area contributed by atoms with Gasteiger partial charge in [-0.25, -0.2) is 4.68 Å². The number of aromatic nitrogens is 2. The van der Waals surface area contributed by atoms with E-state index in [2.05, 4.69) is 15.3 Å². The minimum atomic E-state index is -0.162. The van der Waals surface area contributed by atoms with Crippen molar-refractivity contribution in [2.24, 2.45) is 0 Å². The number of nitrogens with zero attached hydrogens (tertiary/aromatic N) is 4. The van der Waals surface area contributed by atoms with Crippen LogP contribution in [0.25, 0.3) is 5.69 Å². The van der Waals surface area contributed by atoms with Gasteiger partial charge in [-0.3, -0.25) is 14.5 Å². The predicted octanol–water partition coefficient (Wildman–Crippen LogP) is 1.96. The van der Waals surface area contributed by atoms with Crippen LogP contribution in [-0.4, -0.2) is 71.2 Å². The smallest absolute Gasteiger partial charge is 0.278 e. The van der Waals surface area contributed by atoms with Crippen LogP contribution < -0.4 is 10.1 Å². The van der Waals surface area contributed by atoms with Crippen molar-refractivity contribution in [1.82, 2.24) is 24.9 Å². The fourth-order valence-corrected chi connectivity index (χ4v) is 3.68. The van der Waals surface area contributed by atoms with E-state index in [1.54, 1.807) is 15.8 Å². The third-order valence-corrected chi connectivity index (χ3v) is 5.48. The van der Waals surface area contributed by atoms with E-state index >= 15 is 0 Å². The summed E-state index contributed by atoms with van der Waals surface area (Å²) in [5.74, 6) is 0.267. The first-order chi connectivity index (χ1) is 15.6. The van der Waals surface area contributed by atoms with E-state index < -0.39 is 0 Å². The highest BCUT2D eigenvalue weighted by atomic mass is 16.5. The van der Waals surface area contributed by atoms with Gasteiger partial charge in [-0.2, -0.15) is 5.10 Å². The Hall–Kier alpha value is -3.65. The van der Waals surface area contributed by atoms with Crippen LogP contribution in [0.4, 0.5) is 0 Å². The summed E-state index contributed by atoms with van der Waals surface area (Å²) in [6, 6.07) is 19.4. The van der Waals surface area contributed by atoms with Crippen molar-refractivity contribution in [2.75, 3.05) is 39.8 Å². The summed E-state index contributed by atoms with van der Waals surface area (Å²) in [6.07, 6.45) is 1.72. The molecule has 8 heteroatoms. The lowest BCUT2D eigenvalue weighted by Gasteiger charge is -2.34. The van der Waals surface area contributed by atoms with Gasteiger partial charge >= 0.3 is 0 Å². The Balaban J connectivity index is 1.31. The molecule has 8 nitrogen and oxygen atoms in total. The minimum Gasteiger partial charge on any atom is -0.493 e. The van der Waals surface area contributed by atoms with Gasteiger partial charge in [0.1, 0.15) is 0 Å². The number of carbonyl (C=O) groups excluding carboxylic acids is 2. The average Bonchev–Trinajstić information content (AvgIpc) is 3.29. The lowest BCUT2D eigenvalue weighted by atomic mass is 10.2. The number of benzene rings is 2. The molecule has 0 aliphatic carbocycles. The lowest BCUT2D eigenvalue weighted by Crippen LogP contribution is -2.51. The van der Waals surface area contributed by atoms with Gasteiger partial charge < -0.3 is 15.0 Å². The lowest BCUT2D eigenvalue weighted by molar-refractivity contribution is -0.122. The van der Waals surface area contributed by atoms with Crippen LogP contribution >= 0.6 is 0 Å². The van der Waals surface area contributed by atoms with Crippen LogP contribution in [-0.2, 0) is 11.3 Å². The number of ether oxygens (including phenoxy) is 1. The molecule has 1 aromatic heterocycles. The second-order valence-corrected chi connectivity index (χ2v) is 7.66. The van der Waals surface area contributed by atoms with Crippen molar-refractivity contribution in [3.05, 3.63) is 78.1 Å². The first-order valence-electron chi connectivity index (χ1n) is 10.7. The van der Waals surface area contributed by atoms with Crippen LogP contribution in [0, 0.1) is 0 Å². The zero-order valence-corrected chi connectivity index (χ0v) is 18.1. The fraction of sp³-hybridized carbons (Fsp3) is 0.292. The molecule has 4 rings (SSSR count). The average molecular weight is 434 g/mol. The predicted molar refractivity (Wildman–Crippen MR) is 121 cm³/mol. The molecule has 32 heavy (non-hydrogen) atoms. The summed E-state index contributed by atoms with van der Waals surface area (Å²) in [7, 11) is 1.54. The molecule has 0 spiro atoms. The molecule has 166 valence electrons. The van der Waals surface area contributed by atoms with Crippen molar-refractivity contribution in [1.29, 1.82) is 0 Å². The van der Waals surface area contributed by atoms with Gasteiger partial charge in [0, 0.05) is 32.7 Å². The highest BCUT2D eigenvalue weighted by Gasteiger charge is 2.27. The Kier molecular flexibility index (Phi) is 6.81. The van der Waals surface area contributed by atoms with Crippen molar-refractivity contribution < 1.29 is 14.3 Å². The number of piperazine rings is 1. The number of amides is 2. The Morgan fingerprint density at radius 1 is 0.969 bits per heavy atom.